The lowest BCUT2D eigenvalue weighted by Gasteiger charge is -2.24. The summed E-state index contributed by atoms with van der Waals surface area (Å²) in [6, 6.07) is 12.5. The van der Waals surface area contributed by atoms with E-state index in [0.717, 1.165) is 48.3 Å². The molecule has 32 heavy (non-hydrogen) atoms. The summed E-state index contributed by atoms with van der Waals surface area (Å²) in [4.78, 5) is 12.8. The molecule has 2 heterocycles. The van der Waals surface area contributed by atoms with Crippen molar-refractivity contribution < 1.29 is 4.79 Å². The van der Waals surface area contributed by atoms with Gasteiger partial charge in [0.05, 0.1) is 43.5 Å². The largest absolute Gasteiger partial charge is 0.349 e. The molecule has 0 radical (unpaired) electrons. The second kappa shape index (κ2) is 9.82. The molecule has 1 N–H and O–H groups in total. The predicted octanol–water partition coefficient (Wildman–Crippen LogP) is 3.78. The van der Waals surface area contributed by atoms with Crippen molar-refractivity contribution in [1.82, 2.24) is 24.9 Å². The van der Waals surface area contributed by atoms with Gasteiger partial charge in [-0.15, -0.1) is 0 Å². The smallest absolute Gasteiger partial charge is 0.220 e. The maximum absolute atomic E-state index is 12.8. The molecule has 0 bridgehead atoms. The monoisotopic (exact) mass is 430 g/mol. The number of nitriles is 1. The molecule has 0 spiro atoms. The highest BCUT2D eigenvalue weighted by Gasteiger charge is 2.25. The zero-order valence-corrected chi connectivity index (χ0v) is 18.8. The van der Waals surface area contributed by atoms with Crippen molar-refractivity contribution in [2.75, 3.05) is 0 Å². The predicted molar refractivity (Wildman–Crippen MR) is 122 cm³/mol. The van der Waals surface area contributed by atoms with Gasteiger partial charge in [0.1, 0.15) is 0 Å². The molecule has 1 aromatic carbocycles. The van der Waals surface area contributed by atoms with Crippen LogP contribution in [-0.4, -0.2) is 25.5 Å². The molecule has 3 aromatic rings. The molecule has 1 atom stereocenters. The SMILES string of the molecule is Cc1nn(CCC#N)c(C)c1CCC(=O)NC1CCCc2c1cnn2Cc1ccccc1. The van der Waals surface area contributed by atoms with Crippen LogP contribution >= 0.6 is 0 Å². The van der Waals surface area contributed by atoms with Crippen LogP contribution in [0.25, 0.3) is 0 Å². The number of aromatic nitrogens is 4. The molecule has 166 valence electrons. The van der Waals surface area contributed by atoms with Crippen molar-refractivity contribution in [2.45, 2.75) is 71.5 Å². The normalized spacial score (nSPS) is 15.2. The Bertz CT molecular complexity index is 1120. The van der Waals surface area contributed by atoms with Crippen molar-refractivity contribution in [1.29, 1.82) is 5.26 Å². The fraction of sp³-hybridized carbons (Fsp3) is 0.440. The topological polar surface area (TPSA) is 88.5 Å². The van der Waals surface area contributed by atoms with E-state index >= 15 is 0 Å². The molecule has 0 saturated carbocycles. The minimum atomic E-state index is 0.0244. The molecule has 7 heteroatoms. The van der Waals surface area contributed by atoms with Crippen molar-refractivity contribution in [2.24, 2.45) is 0 Å². The number of fused-ring (bicyclic) bond motifs is 1. The van der Waals surface area contributed by atoms with Crippen molar-refractivity contribution >= 4 is 5.91 Å². The third kappa shape index (κ3) is 4.75. The number of carbonyl (C=O) groups is 1. The van der Waals surface area contributed by atoms with E-state index in [2.05, 4.69) is 38.4 Å². The van der Waals surface area contributed by atoms with Crippen LogP contribution < -0.4 is 5.32 Å². The Morgan fingerprint density at radius 3 is 2.84 bits per heavy atom. The minimum Gasteiger partial charge on any atom is -0.349 e. The molecular weight excluding hydrogens is 400 g/mol. The zero-order valence-electron chi connectivity index (χ0n) is 18.8. The van der Waals surface area contributed by atoms with Gasteiger partial charge in [0.2, 0.25) is 5.91 Å². The van der Waals surface area contributed by atoms with E-state index < -0.39 is 0 Å². The highest BCUT2D eigenvalue weighted by atomic mass is 16.1. The molecular formula is C25H30N6O. The molecule has 1 unspecified atom stereocenters. The first-order valence-corrected chi connectivity index (χ1v) is 11.3. The number of nitrogens with one attached hydrogen (secondary N) is 1. The maximum atomic E-state index is 12.8. The lowest BCUT2D eigenvalue weighted by molar-refractivity contribution is -0.121. The minimum absolute atomic E-state index is 0.0244. The van der Waals surface area contributed by atoms with Gasteiger partial charge in [-0.2, -0.15) is 15.5 Å². The first kappa shape index (κ1) is 21.8. The fourth-order valence-corrected chi connectivity index (χ4v) is 4.64. The Balaban J connectivity index is 1.38. The number of aryl methyl sites for hydroxylation is 2. The highest BCUT2D eigenvalue weighted by molar-refractivity contribution is 5.76. The second-order valence-corrected chi connectivity index (χ2v) is 8.48. The Kier molecular flexibility index (Phi) is 6.69. The van der Waals surface area contributed by atoms with Gasteiger partial charge in [0, 0.05) is 23.4 Å². The van der Waals surface area contributed by atoms with Crippen molar-refractivity contribution in [3.05, 3.63) is 70.3 Å². The second-order valence-electron chi connectivity index (χ2n) is 8.48. The van der Waals surface area contributed by atoms with Gasteiger partial charge >= 0.3 is 0 Å². The molecule has 1 amide bonds. The molecule has 1 aliphatic carbocycles. The maximum Gasteiger partial charge on any atom is 0.220 e. The molecule has 0 saturated heterocycles. The molecule has 7 nitrogen and oxygen atoms in total. The summed E-state index contributed by atoms with van der Waals surface area (Å²) in [6.45, 7) is 5.33. The number of rotatable bonds is 8. The van der Waals surface area contributed by atoms with E-state index in [1.54, 1.807) is 0 Å². The molecule has 0 aliphatic heterocycles. The van der Waals surface area contributed by atoms with Crippen LogP contribution in [0.3, 0.4) is 0 Å². The lowest BCUT2D eigenvalue weighted by Crippen LogP contribution is -2.31. The molecule has 2 aromatic heterocycles. The van der Waals surface area contributed by atoms with Crippen LogP contribution in [-0.2, 0) is 30.7 Å². The van der Waals surface area contributed by atoms with Gasteiger partial charge in [0.15, 0.2) is 0 Å². The Hall–Kier alpha value is -3.40. The molecule has 1 aliphatic rings. The number of benzene rings is 1. The average Bonchev–Trinajstić information content (AvgIpc) is 3.32. The van der Waals surface area contributed by atoms with Crippen LogP contribution in [0.15, 0.2) is 36.5 Å². The fourth-order valence-electron chi connectivity index (χ4n) is 4.64. The van der Waals surface area contributed by atoms with Crippen molar-refractivity contribution in [3.8, 4) is 6.07 Å². The van der Waals surface area contributed by atoms with Gasteiger partial charge < -0.3 is 5.32 Å². The summed E-state index contributed by atoms with van der Waals surface area (Å²) in [5.41, 5.74) is 6.71. The summed E-state index contributed by atoms with van der Waals surface area (Å²) >= 11 is 0. The lowest BCUT2D eigenvalue weighted by atomic mass is 9.92. The van der Waals surface area contributed by atoms with Crippen LogP contribution in [0.1, 0.15) is 65.5 Å². The van der Waals surface area contributed by atoms with Gasteiger partial charge in [-0.05, 0) is 50.7 Å². The Labute approximate surface area is 189 Å². The summed E-state index contributed by atoms with van der Waals surface area (Å²) < 4.78 is 3.95. The van der Waals surface area contributed by atoms with Crippen LogP contribution in [0.4, 0.5) is 0 Å². The van der Waals surface area contributed by atoms with Gasteiger partial charge in [-0.3, -0.25) is 14.2 Å². The van der Waals surface area contributed by atoms with E-state index in [-0.39, 0.29) is 11.9 Å². The summed E-state index contributed by atoms with van der Waals surface area (Å²) in [5, 5.41) is 21.2. The standard InChI is InChI=1S/C25H30N6O/c1-18-21(19(2)30(29-18)15-7-14-26)12-13-25(32)28-23-10-6-11-24-22(23)16-27-31(24)17-20-8-4-3-5-9-20/h3-5,8-9,16,23H,6-7,10-13,15,17H2,1-2H3,(H,28,32). The van der Waals surface area contributed by atoms with Gasteiger partial charge in [0.25, 0.3) is 0 Å². The number of nitrogens with zero attached hydrogens (tertiary/aromatic N) is 5. The average molecular weight is 431 g/mol. The van der Waals surface area contributed by atoms with Gasteiger partial charge in [-0.1, -0.05) is 30.3 Å². The molecule has 0 fully saturated rings. The number of hydrogen-bond acceptors (Lipinski definition) is 4. The van der Waals surface area contributed by atoms with E-state index in [4.69, 9.17) is 5.26 Å². The zero-order chi connectivity index (χ0) is 22.5. The van der Waals surface area contributed by atoms with Crippen LogP contribution in [0.2, 0.25) is 0 Å². The first-order valence-electron chi connectivity index (χ1n) is 11.3. The molecule has 4 rings (SSSR count). The van der Waals surface area contributed by atoms with E-state index in [0.29, 0.717) is 25.8 Å². The Morgan fingerprint density at radius 1 is 1.25 bits per heavy atom. The summed E-state index contributed by atoms with van der Waals surface area (Å²) in [5.74, 6) is 0.0576. The number of carbonyl (C=O) groups excluding carboxylic acids is 1. The van der Waals surface area contributed by atoms with E-state index in [9.17, 15) is 4.79 Å². The van der Waals surface area contributed by atoms with Crippen LogP contribution in [0, 0.1) is 25.2 Å². The quantitative estimate of drug-likeness (QED) is 0.589. The van der Waals surface area contributed by atoms with Gasteiger partial charge in [-0.25, -0.2) is 0 Å². The Morgan fingerprint density at radius 2 is 2.06 bits per heavy atom. The first-order chi connectivity index (χ1) is 15.6. The highest BCUT2D eigenvalue weighted by Crippen LogP contribution is 2.30. The van der Waals surface area contributed by atoms with E-state index in [1.807, 2.05) is 42.9 Å². The third-order valence-corrected chi connectivity index (χ3v) is 6.34. The van der Waals surface area contributed by atoms with Crippen LogP contribution in [0.5, 0.6) is 0 Å². The van der Waals surface area contributed by atoms with E-state index in [1.165, 1.54) is 11.3 Å². The number of hydrogen-bond donors (Lipinski definition) is 1. The number of amides is 1. The summed E-state index contributed by atoms with van der Waals surface area (Å²) in [7, 11) is 0. The third-order valence-electron chi connectivity index (χ3n) is 6.34. The van der Waals surface area contributed by atoms with Crippen molar-refractivity contribution in [3.63, 3.8) is 0 Å². The summed E-state index contributed by atoms with van der Waals surface area (Å²) in [6.07, 6.45) is 6.43.